The van der Waals surface area contributed by atoms with Crippen molar-refractivity contribution in [2.24, 2.45) is 5.16 Å². The number of halogens is 2. The Morgan fingerprint density at radius 3 is 2.50 bits per heavy atom. The molecule has 0 saturated carbocycles. The molecular formula is C10H7F2NO. The van der Waals surface area contributed by atoms with Crippen LogP contribution in [0.25, 0.3) is 0 Å². The summed E-state index contributed by atoms with van der Waals surface area (Å²) in [7, 11) is 0. The molecule has 0 fully saturated rings. The first kappa shape index (κ1) is 8.87. The van der Waals surface area contributed by atoms with Crippen LogP contribution in [0.3, 0.4) is 0 Å². The van der Waals surface area contributed by atoms with E-state index in [1.807, 2.05) is 18.2 Å². The Hall–Kier alpha value is -1.71. The van der Waals surface area contributed by atoms with Gasteiger partial charge in [-0.05, 0) is 5.56 Å². The molecule has 2 nitrogen and oxygen atoms in total. The summed E-state index contributed by atoms with van der Waals surface area (Å²) >= 11 is 0. The molecule has 0 unspecified atom stereocenters. The number of oxime groups is 1. The van der Waals surface area contributed by atoms with Crippen LogP contribution < -0.4 is 0 Å². The van der Waals surface area contributed by atoms with E-state index in [2.05, 4.69) is 9.99 Å². The smallest absolute Gasteiger partial charge is 0.311 e. The fourth-order valence-corrected chi connectivity index (χ4v) is 1.21. The molecule has 1 aromatic rings. The Morgan fingerprint density at radius 2 is 1.93 bits per heavy atom. The van der Waals surface area contributed by atoms with Crippen molar-refractivity contribution in [3.63, 3.8) is 0 Å². The van der Waals surface area contributed by atoms with Crippen molar-refractivity contribution in [3.05, 3.63) is 47.7 Å². The highest BCUT2D eigenvalue weighted by atomic mass is 19.3. The zero-order valence-corrected chi connectivity index (χ0v) is 7.21. The van der Waals surface area contributed by atoms with Crippen molar-refractivity contribution in [1.82, 2.24) is 0 Å². The number of hydrogen-bond donors (Lipinski definition) is 0. The van der Waals surface area contributed by atoms with Gasteiger partial charge in [-0.1, -0.05) is 35.5 Å². The fourth-order valence-electron chi connectivity index (χ4n) is 1.21. The molecule has 1 aliphatic rings. The average molecular weight is 195 g/mol. The number of allylic oxidation sites excluding steroid dienone is 1. The summed E-state index contributed by atoms with van der Waals surface area (Å²) in [5, 5.41) is 3.59. The number of rotatable bonds is 1. The van der Waals surface area contributed by atoms with Crippen LogP contribution in [-0.2, 0) is 4.84 Å². The predicted octanol–water partition coefficient (Wildman–Crippen LogP) is 2.92. The molecule has 0 spiro atoms. The number of nitrogens with zero attached hydrogens (tertiary/aromatic N) is 1. The van der Waals surface area contributed by atoms with Crippen LogP contribution in [0.15, 0.2) is 47.3 Å². The van der Waals surface area contributed by atoms with Crippen molar-refractivity contribution < 1.29 is 13.6 Å². The zero-order chi connectivity index (χ0) is 9.97. The van der Waals surface area contributed by atoms with Gasteiger partial charge in [0, 0.05) is 0 Å². The quantitative estimate of drug-likeness (QED) is 0.675. The van der Waals surface area contributed by atoms with Gasteiger partial charge in [0.2, 0.25) is 5.76 Å². The molecule has 0 amide bonds. The predicted molar refractivity (Wildman–Crippen MR) is 47.9 cm³/mol. The highest BCUT2D eigenvalue weighted by Crippen LogP contribution is 2.23. The normalized spacial score (nSPS) is 15.0. The Labute approximate surface area is 79.5 Å². The summed E-state index contributed by atoms with van der Waals surface area (Å²) in [6, 6.07) is 9.12. The van der Waals surface area contributed by atoms with Gasteiger partial charge in [0.05, 0.1) is 12.1 Å². The molecule has 0 radical (unpaired) electrons. The van der Waals surface area contributed by atoms with E-state index in [1.165, 1.54) is 0 Å². The Bertz CT molecular complexity index is 394. The number of hydrogen-bond acceptors (Lipinski definition) is 2. The summed E-state index contributed by atoms with van der Waals surface area (Å²) < 4.78 is 24.2. The second-order valence-corrected chi connectivity index (χ2v) is 2.86. The lowest BCUT2D eigenvalue weighted by Crippen LogP contribution is -1.95. The minimum absolute atomic E-state index is 0.0619. The molecule has 0 N–H and O–H groups in total. The van der Waals surface area contributed by atoms with Gasteiger partial charge in [-0.2, -0.15) is 8.78 Å². The molecule has 1 aliphatic heterocycles. The van der Waals surface area contributed by atoms with Gasteiger partial charge in [-0.25, -0.2) is 0 Å². The third kappa shape index (κ3) is 1.64. The highest BCUT2D eigenvalue weighted by molar-refractivity contribution is 6.02. The maximum absolute atomic E-state index is 12.1. The van der Waals surface area contributed by atoms with Crippen LogP contribution in [0.5, 0.6) is 0 Å². The minimum Gasteiger partial charge on any atom is -0.355 e. The van der Waals surface area contributed by atoms with Gasteiger partial charge in [0.1, 0.15) is 0 Å². The minimum atomic E-state index is -1.81. The SMILES string of the molecule is FC(F)=C1CC(c2ccccc2)=NO1. The lowest BCUT2D eigenvalue weighted by molar-refractivity contribution is 0.212. The second kappa shape index (κ2) is 3.57. The van der Waals surface area contributed by atoms with Gasteiger partial charge in [-0.3, -0.25) is 0 Å². The Kier molecular flexibility index (Phi) is 2.26. The van der Waals surface area contributed by atoms with Crippen molar-refractivity contribution in [2.45, 2.75) is 6.42 Å². The summed E-state index contributed by atoms with van der Waals surface area (Å²) in [5.41, 5.74) is 1.34. The van der Waals surface area contributed by atoms with Gasteiger partial charge >= 0.3 is 6.08 Å². The van der Waals surface area contributed by atoms with E-state index < -0.39 is 6.08 Å². The average Bonchev–Trinajstić information content (AvgIpc) is 2.68. The lowest BCUT2D eigenvalue weighted by Gasteiger charge is -1.94. The topological polar surface area (TPSA) is 21.6 Å². The van der Waals surface area contributed by atoms with Crippen molar-refractivity contribution >= 4 is 5.71 Å². The summed E-state index contributed by atoms with van der Waals surface area (Å²) in [5.74, 6) is -0.358. The summed E-state index contributed by atoms with van der Waals surface area (Å²) in [6.07, 6.45) is -1.74. The third-order valence-electron chi connectivity index (χ3n) is 1.91. The van der Waals surface area contributed by atoms with E-state index in [-0.39, 0.29) is 12.2 Å². The first-order valence-electron chi connectivity index (χ1n) is 4.11. The van der Waals surface area contributed by atoms with Crippen molar-refractivity contribution in [3.8, 4) is 0 Å². The van der Waals surface area contributed by atoms with E-state index in [0.29, 0.717) is 5.71 Å². The molecule has 0 atom stereocenters. The van der Waals surface area contributed by atoms with Crippen LogP contribution in [0.2, 0.25) is 0 Å². The second-order valence-electron chi connectivity index (χ2n) is 2.86. The van der Waals surface area contributed by atoms with E-state index >= 15 is 0 Å². The van der Waals surface area contributed by atoms with Gasteiger partial charge in [0.15, 0.2) is 0 Å². The van der Waals surface area contributed by atoms with E-state index in [9.17, 15) is 8.78 Å². The fraction of sp³-hybridized carbons (Fsp3) is 0.100. The van der Waals surface area contributed by atoms with Crippen LogP contribution in [0.4, 0.5) is 8.78 Å². The van der Waals surface area contributed by atoms with Crippen molar-refractivity contribution in [1.29, 1.82) is 0 Å². The maximum Gasteiger partial charge on any atom is 0.311 e. The molecule has 0 aliphatic carbocycles. The molecule has 4 heteroatoms. The monoisotopic (exact) mass is 195 g/mol. The van der Waals surface area contributed by atoms with Gasteiger partial charge < -0.3 is 4.84 Å². The van der Waals surface area contributed by atoms with Crippen LogP contribution in [0, 0.1) is 0 Å². The van der Waals surface area contributed by atoms with Crippen LogP contribution >= 0.6 is 0 Å². The molecule has 0 saturated heterocycles. The van der Waals surface area contributed by atoms with Crippen LogP contribution in [-0.4, -0.2) is 5.71 Å². The van der Waals surface area contributed by atoms with E-state index in [4.69, 9.17) is 0 Å². The zero-order valence-electron chi connectivity index (χ0n) is 7.21. The third-order valence-corrected chi connectivity index (χ3v) is 1.91. The molecule has 1 heterocycles. The lowest BCUT2D eigenvalue weighted by atomic mass is 10.1. The van der Waals surface area contributed by atoms with Gasteiger partial charge in [0.25, 0.3) is 0 Å². The molecule has 0 bridgehead atoms. The molecule has 72 valence electrons. The van der Waals surface area contributed by atoms with Gasteiger partial charge in [-0.15, -0.1) is 0 Å². The van der Waals surface area contributed by atoms with Crippen LogP contribution in [0.1, 0.15) is 12.0 Å². The molecule has 2 rings (SSSR count). The highest BCUT2D eigenvalue weighted by Gasteiger charge is 2.20. The molecular weight excluding hydrogens is 188 g/mol. The standard InChI is InChI=1S/C10H7F2NO/c11-10(12)9-6-8(13-14-9)7-4-2-1-3-5-7/h1-5H,6H2. The molecule has 0 aromatic heterocycles. The first-order valence-corrected chi connectivity index (χ1v) is 4.11. The Balaban J connectivity index is 2.22. The molecule has 14 heavy (non-hydrogen) atoms. The Morgan fingerprint density at radius 1 is 1.21 bits per heavy atom. The first-order chi connectivity index (χ1) is 6.77. The molecule has 1 aromatic carbocycles. The summed E-state index contributed by atoms with van der Waals surface area (Å²) in [6.45, 7) is 0. The van der Waals surface area contributed by atoms with Crippen molar-refractivity contribution in [2.75, 3.05) is 0 Å². The largest absolute Gasteiger partial charge is 0.355 e. The summed E-state index contributed by atoms with van der Waals surface area (Å²) in [4.78, 5) is 4.50. The van der Waals surface area contributed by atoms with E-state index in [0.717, 1.165) is 5.56 Å². The van der Waals surface area contributed by atoms with E-state index in [1.54, 1.807) is 12.1 Å². The maximum atomic E-state index is 12.1. The number of benzene rings is 1.